The Hall–Kier alpha value is -0.990. The van der Waals surface area contributed by atoms with Crippen LogP contribution in [0.4, 0.5) is 0 Å². The number of hydrogen-bond acceptors (Lipinski definition) is 2. The fourth-order valence-corrected chi connectivity index (χ4v) is 0.245. The van der Waals surface area contributed by atoms with E-state index in [1.54, 1.807) is 0 Å². The van der Waals surface area contributed by atoms with Gasteiger partial charge in [0.1, 0.15) is 0 Å². The number of carboxylic acid groups (broad SMARTS) is 1. The van der Waals surface area contributed by atoms with Crippen molar-refractivity contribution in [1.82, 2.24) is 0 Å². The fourth-order valence-electron chi connectivity index (χ4n) is 0.245. The molecule has 0 unspecified atom stereocenters. The van der Waals surface area contributed by atoms with Gasteiger partial charge in [-0.15, -0.1) is 0 Å². The van der Waals surface area contributed by atoms with Gasteiger partial charge in [-0.05, 0) is 6.08 Å². The first-order chi connectivity index (χ1) is 3.77. The molecule has 46 valence electrons. The van der Waals surface area contributed by atoms with Crippen molar-refractivity contribution in [2.24, 2.45) is 0 Å². The summed E-state index contributed by atoms with van der Waals surface area (Å²) in [5.41, 5.74) is 0. The van der Waals surface area contributed by atoms with Gasteiger partial charge in [0, 0.05) is 0 Å². The molecule has 0 aliphatic heterocycles. The number of rotatable bonds is 3. The largest absolute Gasteiger partial charge is 0.505 e. The van der Waals surface area contributed by atoms with E-state index in [-0.39, 0.29) is 6.42 Å². The molecule has 0 saturated carbocycles. The molecule has 0 atom stereocenters. The zero-order valence-corrected chi connectivity index (χ0v) is 4.63. The molecule has 0 heterocycles. The van der Waals surface area contributed by atoms with Gasteiger partial charge in [0.2, 0.25) is 0 Å². The molecule has 0 rings (SSSR count). The predicted octanol–water partition coefficient (Wildman–Crippen LogP) is 0.621. The molecular weight excluding hydrogens is 108 g/mol. The molecule has 0 amide bonds. The van der Waals surface area contributed by atoms with Crippen molar-refractivity contribution >= 4 is 5.97 Å². The Balaban J connectivity index is 3.16. The summed E-state index contributed by atoms with van der Waals surface area (Å²) in [7, 11) is 1.47. The molecule has 0 aromatic heterocycles. The van der Waals surface area contributed by atoms with E-state index in [0.717, 1.165) is 0 Å². The summed E-state index contributed by atoms with van der Waals surface area (Å²) >= 11 is 0. The SMILES string of the molecule is COC=CCC(=O)O. The topological polar surface area (TPSA) is 46.5 Å². The summed E-state index contributed by atoms with van der Waals surface area (Å²) in [5, 5.41) is 8.03. The monoisotopic (exact) mass is 116 g/mol. The molecule has 0 aliphatic carbocycles. The van der Waals surface area contributed by atoms with Gasteiger partial charge in [0.25, 0.3) is 0 Å². The lowest BCUT2D eigenvalue weighted by Gasteiger charge is -1.83. The van der Waals surface area contributed by atoms with Gasteiger partial charge in [-0.25, -0.2) is 0 Å². The molecule has 8 heavy (non-hydrogen) atoms. The van der Waals surface area contributed by atoms with Crippen LogP contribution in [0, 0.1) is 0 Å². The average molecular weight is 116 g/mol. The van der Waals surface area contributed by atoms with Gasteiger partial charge in [-0.2, -0.15) is 0 Å². The normalized spacial score (nSPS) is 9.62. The van der Waals surface area contributed by atoms with Gasteiger partial charge in [-0.3, -0.25) is 4.79 Å². The van der Waals surface area contributed by atoms with Gasteiger partial charge in [-0.1, -0.05) is 0 Å². The fraction of sp³-hybridized carbons (Fsp3) is 0.400. The highest BCUT2D eigenvalue weighted by molar-refractivity contribution is 5.68. The van der Waals surface area contributed by atoms with Gasteiger partial charge >= 0.3 is 5.97 Å². The molecular formula is C5H8O3. The maximum atomic E-state index is 9.77. The van der Waals surface area contributed by atoms with Crippen LogP contribution in [0.3, 0.4) is 0 Å². The van der Waals surface area contributed by atoms with Crippen molar-refractivity contribution in [2.45, 2.75) is 6.42 Å². The Morgan fingerprint density at radius 1 is 1.88 bits per heavy atom. The van der Waals surface area contributed by atoms with E-state index in [9.17, 15) is 4.79 Å². The van der Waals surface area contributed by atoms with Crippen LogP contribution in [0.25, 0.3) is 0 Å². The second kappa shape index (κ2) is 4.18. The van der Waals surface area contributed by atoms with Crippen molar-refractivity contribution in [3.8, 4) is 0 Å². The summed E-state index contributed by atoms with van der Waals surface area (Å²) in [4.78, 5) is 9.77. The van der Waals surface area contributed by atoms with E-state index in [0.29, 0.717) is 0 Å². The number of methoxy groups -OCH3 is 1. The molecule has 3 heteroatoms. The third kappa shape index (κ3) is 5.01. The quantitative estimate of drug-likeness (QED) is 0.550. The van der Waals surface area contributed by atoms with Gasteiger partial charge in [0.15, 0.2) is 0 Å². The first-order valence-corrected chi connectivity index (χ1v) is 2.17. The average Bonchev–Trinajstić information content (AvgIpc) is 1.66. The van der Waals surface area contributed by atoms with Crippen LogP contribution < -0.4 is 0 Å². The number of ether oxygens (including phenoxy) is 1. The van der Waals surface area contributed by atoms with Crippen molar-refractivity contribution in [2.75, 3.05) is 7.11 Å². The lowest BCUT2D eigenvalue weighted by atomic mass is 10.4. The highest BCUT2D eigenvalue weighted by Gasteiger charge is 1.86. The second-order valence-electron chi connectivity index (χ2n) is 1.21. The third-order valence-corrected chi connectivity index (χ3v) is 0.525. The molecule has 1 N–H and O–H groups in total. The summed E-state index contributed by atoms with van der Waals surface area (Å²) in [6.45, 7) is 0. The van der Waals surface area contributed by atoms with Crippen LogP contribution in [0.1, 0.15) is 6.42 Å². The Morgan fingerprint density at radius 3 is 2.88 bits per heavy atom. The Labute approximate surface area is 47.6 Å². The van der Waals surface area contributed by atoms with Crippen LogP contribution >= 0.6 is 0 Å². The van der Waals surface area contributed by atoms with Crippen LogP contribution in [-0.4, -0.2) is 18.2 Å². The molecule has 0 radical (unpaired) electrons. The maximum absolute atomic E-state index is 9.77. The van der Waals surface area contributed by atoms with Crippen molar-refractivity contribution in [1.29, 1.82) is 0 Å². The zero-order chi connectivity index (χ0) is 6.41. The number of hydrogen-bond donors (Lipinski definition) is 1. The molecule has 0 bridgehead atoms. The minimum Gasteiger partial charge on any atom is -0.505 e. The maximum Gasteiger partial charge on any atom is 0.307 e. The Bertz CT molecular complexity index is 95.8. The number of carbonyl (C=O) groups is 1. The molecule has 0 spiro atoms. The van der Waals surface area contributed by atoms with Crippen LogP contribution in [0.2, 0.25) is 0 Å². The van der Waals surface area contributed by atoms with Crippen molar-refractivity contribution in [3.05, 3.63) is 12.3 Å². The summed E-state index contributed by atoms with van der Waals surface area (Å²) in [6, 6.07) is 0. The van der Waals surface area contributed by atoms with E-state index < -0.39 is 5.97 Å². The van der Waals surface area contributed by atoms with E-state index in [4.69, 9.17) is 5.11 Å². The van der Waals surface area contributed by atoms with Gasteiger partial charge in [0.05, 0.1) is 19.8 Å². The minimum atomic E-state index is -0.849. The molecule has 0 aliphatic rings. The van der Waals surface area contributed by atoms with Crippen LogP contribution in [-0.2, 0) is 9.53 Å². The van der Waals surface area contributed by atoms with E-state index in [1.165, 1.54) is 19.4 Å². The first-order valence-electron chi connectivity index (χ1n) is 2.17. The Morgan fingerprint density at radius 2 is 2.50 bits per heavy atom. The van der Waals surface area contributed by atoms with Crippen LogP contribution in [0.5, 0.6) is 0 Å². The lowest BCUT2D eigenvalue weighted by molar-refractivity contribution is -0.136. The first kappa shape index (κ1) is 7.01. The highest BCUT2D eigenvalue weighted by Crippen LogP contribution is 1.80. The summed E-state index contributed by atoms with van der Waals surface area (Å²) in [5.74, 6) is -0.849. The van der Waals surface area contributed by atoms with E-state index >= 15 is 0 Å². The molecule has 0 aromatic rings. The molecule has 0 fully saturated rings. The zero-order valence-electron chi connectivity index (χ0n) is 4.63. The third-order valence-electron chi connectivity index (χ3n) is 0.525. The summed E-state index contributed by atoms with van der Waals surface area (Å²) < 4.78 is 4.45. The van der Waals surface area contributed by atoms with E-state index in [1.807, 2.05) is 0 Å². The van der Waals surface area contributed by atoms with Crippen molar-refractivity contribution in [3.63, 3.8) is 0 Å². The van der Waals surface area contributed by atoms with Crippen molar-refractivity contribution < 1.29 is 14.6 Å². The van der Waals surface area contributed by atoms with Crippen LogP contribution in [0.15, 0.2) is 12.3 Å². The summed E-state index contributed by atoms with van der Waals surface area (Å²) in [6.07, 6.45) is 2.80. The van der Waals surface area contributed by atoms with Gasteiger partial charge < -0.3 is 9.84 Å². The standard InChI is InChI=1S/C5H8O3/c1-8-4-2-3-5(6)7/h2,4H,3H2,1H3,(H,6,7). The number of carboxylic acids is 1. The highest BCUT2D eigenvalue weighted by atomic mass is 16.5. The predicted molar refractivity (Wildman–Crippen MR) is 28.4 cm³/mol. The number of aliphatic carboxylic acids is 1. The molecule has 3 nitrogen and oxygen atoms in total. The lowest BCUT2D eigenvalue weighted by Crippen LogP contribution is -1.89. The Kier molecular flexibility index (Phi) is 3.66. The van der Waals surface area contributed by atoms with E-state index in [2.05, 4.69) is 4.74 Å². The molecule has 0 aromatic carbocycles. The minimum absolute atomic E-state index is 0.0217. The molecule has 0 saturated heterocycles. The second-order valence-corrected chi connectivity index (χ2v) is 1.21. The smallest absolute Gasteiger partial charge is 0.307 e.